The van der Waals surface area contributed by atoms with Crippen LogP contribution < -0.4 is 70.0 Å². The van der Waals surface area contributed by atoms with Gasteiger partial charge >= 0.3 is 0 Å². The van der Waals surface area contributed by atoms with Crippen molar-refractivity contribution in [1.82, 2.24) is 58.5 Å². The summed E-state index contributed by atoms with van der Waals surface area (Å²) in [4.78, 5) is 0. The van der Waals surface area contributed by atoms with Gasteiger partial charge in [-0.15, -0.1) is 0 Å². The molecular formula is C24H63N13. The third-order valence-electron chi connectivity index (χ3n) is 5.43. The number of hydrogen-bond donors (Lipinski definition) is 13. The molecular weight excluding hydrogens is 470 g/mol. The van der Waals surface area contributed by atoms with Crippen LogP contribution in [0.5, 0.6) is 0 Å². The van der Waals surface area contributed by atoms with Gasteiger partial charge in [-0.05, 0) is 0 Å². The average Bonchev–Trinajstić information content (AvgIpc) is 2.91. The average molecular weight is 534 g/mol. The normalized spacial score (nSPS) is 11.5. The van der Waals surface area contributed by atoms with Gasteiger partial charge in [0.2, 0.25) is 0 Å². The van der Waals surface area contributed by atoms with Crippen molar-refractivity contribution in [3.05, 3.63) is 0 Å². The second kappa shape index (κ2) is 35.5. The maximum absolute atomic E-state index is 5.43. The van der Waals surface area contributed by atoms with E-state index in [1.54, 1.807) is 0 Å². The van der Waals surface area contributed by atoms with Crippen LogP contribution in [0, 0.1) is 0 Å². The number of rotatable bonds is 34. The highest BCUT2D eigenvalue weighted by atomic mass is 15.0. The molecule has 0 saturated heterocycles. The molecule has 0 aliphatic heterocycles. The predicted molar refractivity (Wildman–Crippen MR) is 160 cm³/mol. The number of nitrogens with two attached hydrogens (primary N) is 2. The van der Waals surface area contributed by atoms with Gasteiger partial charge in [-0.25, -0.2) is 0 Å². The lowest BCUT2D eigenvalue weighted by atomic mass is 10.5. The van der Waals surface area contributed by atoms with E-state index in [9.17, 15) is 0 Å². The predicted octanol–water partition coefficient (Wildman–Crippen LogP) is -5.61. The Morgan fingerprint density at radius 3 is 0.405 bits per heavy atom. The van der Waals surface area contributed by atoms with Crippen LogP contribution in [0.2, 0.25) is 0 Å². The maximum atomic E-state index is 5.43. The Hall–Kier alpha value is -0.520. The third kappa shape index (κ3) is 35.5. The first kappa shape index (κ1) is 36.5. The standard InChI is InChI=1S/C24H63N13/c25-1-3-27-5-7-29-9-11-31-13-15-33-17-19-35-21-23-37-24-22-36-20-18-34-16-14-32-12-10-30-8-6-28-4-2-26/h27-37H,1-26H2. The van der Waals surface area contributed by atoms with Crippen molar-refractivity contribution < 1.29 is 0 Å². The molecule has 0 spiro atoms. The number of hydrogen-bond acceptors (Lipinski definition) is 13. The van der Waals surface area contributed by atoms with Crippen LogP contribution in [0.1, 0.15) is 0 Å². The first-order valence-corrected chi connectivity index (χ1v) is 14.6. The Balaban J connectivity index is 3.00. The zero-order valence-corrected chi connectivity index (χ0v) is 23.6. The molecule has 0 bridgehead atoms. The molecule has 0 radical (unpaired) electrons. The zero-order valence-electron chi connectivity index (χ0n) is 23.6. The van der Waals surface area contributed by atoms with Crippen molar-refractivity contribution in [2.45, 2.75) is 0 Å². The fourth-order valence-electron chi connectivity index (χ4n) is 3.35. The first-order chi connectivity index (χ1) is 18.4. The van der Waals surface area contributed by atoms with Gasteiger partial charge in [0, 0.05) is 157 Å². The monoisotopic (exact) mass is 534 g/mol. The molecule has 37 heavy (non-hydrogen) atoms. The molecule has 0 amide bonds. The molecule has 0 aliphatic carbocycles. The zero-order chi connectivity index (χ0) is 26.7. The van der Waals surface area contributed by atoms with E-state index in [4.69, 9.17) is 11.5 Å². The fraction of sp³-hybridized carbons (Fsp3) is 1.00. The highest BCUT2D eigenvalue weighted by Crippen LogP contribution is 1.67. The van der Waals surface area contributed by atoms with Gasteiger partial charge in [-0.3, -0.25) is 0 Å². The molecule has 0 fully saturated rings. The summed E-state index contributed by atoms with van der Waals surface area (Å²) in [6.07, 6.45) is 0. The van der Waals surface area contributed by atoms with E-state index < -0.39 is 0 Å². The summed E-state index contributed by atoms with van der Waals surface area (Å²) >= 11 is 0. The SMILES string of the molecule is NCCNCCNCCNCCNCCNCCNCCNCCNCCNCCNCCNCCN. The molecule has 15 N–H and O–H groups in total. The molecule has 0 saturated carbocycles. The highest BCUT2D eigenvalue weighted by molar-refractivity contribution is 4.61. The lowest BCUT2D eigenvalue weighted by Crippen LogP contribution is -2.38. The molecule has 13 heteroatoms. The van der Waals surface area contributed by atoms with Gasteiger partial charge in [0.25, 0.3) is 0 Å². The van der Waals surface area contributed by atoms with E-state index in [0.717, 1.165) is 144 Å². The second-order valence-corrected chi connectivity index (χ2v) is 8.83. The molecule has 0 aromatic rings. The van der Waals surface area contributed by atoms with Crippen molar-refractivity contribution in [1.29, 1.82) is 0 Å². The molecule has 0 heterocycles. The number of nitrogens with one attached hydrogen (secondary N) is 11. The van der Waals surface area contributed by atoms with Crippen molar-refractivity contribution in [3.63, 3.8) is 0 Å². The van der Waals surface area contributed by atoms with E-state index in [2.05, 4.69) is 58.5 Å². The summed E-state index contributed by atoms with van der Waals surface area (Å²) in [5, 5.41) is 37.5. The smallest absolute Gasteiger partial charge is 0.00772 e. The molecule has 0 rings (SSSR count). The second-order valence-electron chi connectivity index (χ2n) is 8.83. The molecule has 0 aromatic heterocycles. The van der Waals surface area contributed by atoms with Crippen LogP contribution in [-0.4, -0.2) is 157 Å². The fourth-order valence-corrected chi connectivity index (χ4v) is 3.35. The summed E-state index contributed by atoms with van der Waals surface area (Å²) in [5.41, 5.74) is 10.9. The first-order valence-electron chi connectivity index (χ1n) is 14.6. The Morgan fingerprint density at radius 2 is 0.297 bits per heavy atom. The van der Waals surface area contributed by atoms with E-state index in [0.29, 0.717) is 13.1 Å². The Kier molecular flexibility index (Phi) is 35.0. The van der Waals surface area contributed by atoms with E-state index in [-0.39, 0.29) is 0 Å². The van der Waals surface area contributed by atoms with Crippen LogP contribution in [0.3, 0.4) is 0 Å². The van der Waals surface area contributed by atoms with Crippen molar-refractivity contribution in [3.8, 4) is 0 Å². The Morgan fingerprint density at radius 1 is 0.189 bits per heavy atom. The maximum Gasteiger partial charge on any atom is 0.00772 e. The van der Waals surface area contributed by atoms with Crippen molar-refractivity contribution in [2.75, 3.05) is 157 Å². The summed E-state index contributed by atoms with van der Waals surface area (Å²) in [6.45, 7) is 23.1. The summed E-state index contributed by atoms with van der Waals surface area (Å²) in [5.74, 6) is 0. The van der Waals surface area contributed by atoms with Gasteiger partial charge < -0.3 is 70.0 Å². The van der Waals surface area contributed by atoms with E-state index in [1.165, 1.54) is 0 Å². The van der Waals surface area contributed by atoms with E-state index >= 15 is 0 Å². The van der Waals surface area contributed by atoms with E-state index in [1.807, 2.05) is 0 Å². The summed E-state index contributed by atoms with van der Waals surface area (Å²) < 4.78 is 0. The molecule has 0 aliphatic rings. The minimum Gasteiger partial charge on any atom is -0.329 e. The van der Waals surface area contributed by atoms with Crippen LogP contribution in [0.25, 0.3) is 0 Å². The van der Waals surface area contributed by atoms with Crippen LogP contribution in [-0.2, 0) is 0 Å². The molecule has 0 aromatic carbocycles. The van der Waals surface area contributed by atoms with Gasteiger partial charge in [-0.1, -0.05) is 0 Å². The van der Waals surface area contributed by atoms with Crippen molar-refractivity contribution in [2.24, 2.45) is 11.5 Å². The van der Waals surface area contributed by atoms with Gasteiger partial charge in [-0.2, -0.15) is 0 Å². The summed E-state index contributed by atoms with van der Waals surface area (Å²) in [7, 11) is 0. The minimum absolute atomic E-state index is 0.700. The summed E-state index contributed by atoms with van der Waals surface area (Å²) in [6, 6.07) is 0. The Labute approximate surface area is 227 Å². The quantitative estimate of drug-likeness (QED) is 0.0352. The molecule has 0 unspecified atom stereocenters. The molecule has 0 atom stereocenters. The van der Waals surface area contributed by atoms with Crippen LogP contribution in [0.15, 0.2) is 0 Å². The lowest BCUT2D eigenvalue weighted by molar-refractivity contribution is 0.541. The van der Waals surface area contributed by atoms with Crippen LogP contribution >= 0.6 is 0 Å². The highest BCUT2D eigenvalue weighted by Gasteiger charge is 1.93. The largest absolute Gasteiger partial charge is 0.329 e. The third-order valence-corrected chi connectivity index (χ3v) is 5.43. The van der Waals surface area contributed by atoms with Crippen molar-refractivity contribution >= 4 is 0 Å². The Bertz CT molecular complexity index is 360. The topological polar surface area (TPSA) is 184 Å². The van der Waals surface area contributed by atoms with Gasteiger partial charge in [0.15, 0.2) is 0 Å². The molecule has 13 nitrogen and oxygen atoms in total. The minimum atomic E-state index is 0.700. The van der Waals surface area contributed by atoms with Gasteiger partial charge in [0.1, 0.15) is 0 Å². The van der Waals surface area contributed by atoms with Gasteiger partial charge in [0.05, 0.1) is 0 Å². The molecule has 224 valence electrons. The lowest BCUT2D eigenvalue weighted by Gasteiger charge is -2.10. The van der Waals surface area contributed by atoms with Crippen LogP contribution in [0.4, 0.5) is 0 Å².